The van der Waals surface area contributed by atoms with Crippen LogP contribution in [0.25, 0.3) is 0 Å². The maximum Gasteiger partial charge on any atom is 0.257 e. The number of rotatable bonds is 5. The van der Waals surface area contributed by atoms with E-state index in [1.165, 1.54) is 12.3 Å². The predicted octanol–water partition coefficient (Wildman–Crippen LogP) is 2.27. The average molecular weight is 300 g/mol. The number of H-pyrrole nitrogens is 1. The fraction of sp³-hybridized carbons (Fsp3) is 0.294. The Bertz CT molecular complexity index is 695. The second kappa shape index (κ2) is 6.93. The highest BCUT2D eigenvalue weighted by Crippen LogP contribution is 2.12. The lowest BCUT2D eigenvalue weighted by Gasteiger charge is -2.22. The van der Waals surface area contributed by atoms with Crippen molar-refractivity contribution < 1.29 is 9.53 Å². The molecular formula is C17H20N2O3. The first kappa shape index (κ1) is 15.8. The Morgan fingerprint density at radius 1 is 1.23 bits per heavy atom. The first-order valence-corrected chi connectivity index (χ1v) is 7.19. The van der Waals surface area contributed by atoms with E-state index in [-0.39, 0.29) is 23.1 Å². The van der Waals surface area contributed by atoms with Gasteiger partial charge in [0.05, 0.1) is 6.04 Å². The third-order valence-corrected chi connectivity index (χ3v) is 3.43. The number of carbonyl (C=O) groups is 1. The average Bonchev–Trinajstić information content (AvgIpc) is 2.47. The van der Waals surface area contributed by atoms with Gasteiger partial charge in [-0.1, -0.05) is 18.2 Å². The monoisotopic (exact) mass is 300 g/mol. The maximum atomic E-state index is 12.2. The number of benzene rings is 1. The second-order valence-corrected chi connectivity index (χ2v) is 5.29. The molecule has 1 aromatic heterocycles. The molecule has 2 rings (SSSR count). The van der Waals surface area contributed by atoms with Gasteiger partial charge in [0.15, 0.2) is 5.43 Å². The van der Waals surface area contributed by atoms with Crippen molar-refractivity contribution in [3.63, 3.8) is 0 Å². The topological polar surface area (TPSA) is 71.2 Å². The molecule has 22 heavy (non-hydrogen) atoms. The lowest BCUT2D eigenvalue weighted by molar-refractivity contribution is 0.0892. The van der Waals surface area contributed by atoms with Crippen molar-refractivity contribution in [2.24, 2.45) is 0 Å². The molecule has 0 unspecified atom stereocenters. The van der Waals surface area contributed by atoms with Crippen molar-refractivity contribution in [1.82, 2.24) is 10.3 Å². The number of nitrogens with one attached hydrogen (secondary N) is 2. The van der Waals surface area contributed by atoms with Gasteiger partial charge >= 0.3 is 0 Å². The van der Waals surface area contributed by atoms with Crippen LogP contribution in [0.4, 0.5) is 0 Å². The molecule has 1 aromatic carbocycles. The number of aryl methyl sites for hydroxylation is 1. The number of ether oxygens (including phenoxy) is 1. The summed E-state index contributed by atoms with van der Waals surface area (Å²) >= 11 is 0. The molecule has 2 N–H and O–H groups in total. The van der Waals surface area contributed by atoms with E-state index in [1.807, 2.05) is 44.2 Å². The molecule has 0 aliphatic rings. The van der Waals surface area contributed by atoms with Crippen LogP contribution in [0.1, 0.15) is 29.9 Å². The van der Waals surface area contributed by atoms with Crippen LogP contribution in [0.5, 0.6) is 5.75 Å². The van der Waals surface area contributed by atoms with Gasteiger partial charge in [0.1, 0.15) is 17.4 Å². The van der Waals surface area contributed by atoms with Crippen molar-refractivity contribution in [3.05, 3.63) is 64.1 Å². The summed E-state index contributed by atoms with van der Waals surface area (Å²) in [6, 6.07) is 10.6. The Morgan fingerprint density at radius 3 is 2.55 bits per heavy atom. The molecule has 2 aromatic rings. The SMILES string of the molecule is Cc1cc(=O)c(C(=O)N[C@@H](C)[C@@H](C)Oc2ccccc2)c[nH]1. The van der Waals surface area contributed by atoms with Gasteiger partial charge in [-0.25, -0.2) is 0 Å². The molecule has 0 saturated heterocycles. The number of carbonyl (C=O) groups excluding carboxylic acids is 1. The van der Waals surface area contributed by atoms with Crippen molar-refractivity contribution in [1.29, 1.82) is 0 Å². The highest BCUT2D eigenvalue weighted by atomic mass is 16.5. The summed E-state index contributed by atoms with van der Waals surface area (Å²) in [7, 11) is 0. The number of hydrogen-bond donors (Lipinski definition) is 2. The first-order chi connectivity index (χ1) is 10.5. The minimum Gasteiger partial charge on any atom is -0.489 e. The molecule has 0 spiro atoms. The molecule has 1 amide bonds. The molecule has 0 bridgehead atoms. The van der Waals surface area contributed by atoms with E-state index in [4.69, 9.17) is 4.74 Å². The van der Waals surface area contributed by atoms with E-state index in [0.29, 0.717) is 0 Å². The minimum absolute atomic E-state index is 0.101. The smallest absolute Gasteiger partial charge is 0.257 e. The summed E-state index contributed by atoms with van der Waals surface area (Å²) in [6.45, 7) is 5.48. The Morgan fingerprint density at radius 2 is 1.91 bits per heavy atom. The van der Waals surface area contributed by atoms with E-state index >= 15 is 0 Å². The van der Waals surface area contributed by atoms with Gasteiger partial charge in [-0.15, -0.1) is 0 Å². The molecule has 0 aliphatic heterocycles. The highest BCUT2D eigenvalue weighted by molar-refractivity contribution is 5.94. The quantitative estimate of drug-likeness (QED) is 0.890. The lowest BCUT2D eigenvalue weighted by atomic mass is 10.1. The van der Waals surface area contributed by atoms with E-state index < -0.39 is 5.91 Å². The molecular weight excluding hydrogens is 280 g/mol. The second-order valence-electron chi connectivity index (χ2n) is 5.29. The number of para-hydroxylation sites is 1. The van der Waals surface area contributed by atoms with Crippen molar-refractivity contribution in [2.75, 3.05) is 0 Å². The number of pyridine rings is 1. The summed E-state index contributed by atoms with van der Waals surface area (Å²) < 4.78 is 5.76. The zero-order valence-electron chi connectivity index (χ0n) is 12.9. The van der Waals surface area contributed by atoms with Gasteiger partial charge in [0.25, 0.3) is 5.91 Å². The van der Waals surface area contributed by atoms with E-state index in [9.17, 15) is 9.59 Å². The van der Waals surface area contributed by atoms with E-state index in [0.717, 1.165) is 11.4 Å². The summed E-state index contributed by atoms with van der Waals surface area (Å²) in [5, 5.41) is 2.79. The summed E-state index contributed by atoms with van der Waals surface area (Å²) in [5.41, 5.74) is 0.525. The highest BCUT2D eigenvalue weighted by Gasteiger charge is 2.18. The normalized spacial score (nSPS) is 13.2. The van der Waals surface area contributed by atoms with Gasteiger partial charge in [-0.2, -0.15) is 0 Å². The van der Waals surface area contributed by atoms with Gasteiger partial charge in [-0.05, 0) is 32.9 Å². The van der Waals surface area contributed by atoms with Gasteiger partial charge < -0.3 is 15.0 Å². The first-order valence-electron chi connectivity index (χ1n) is 7.19. The lowest BCUT2D eigenvalue weighted by Crippen LogP contribution is -2.43. The van der Waals surface area contributed by atoms with Crippen LogP contribution in [-0.2, 0) is 0 Å². The Balaban J connectivity index is 2.00. The fourth-order valence-corrected chi connectivity index (χ4v) is 1.97. The van der Waals surface area contributed by atoms with Crippen molar-refractivity contribution >= 4 is 5.91 Å². The van der Waals surface area contributed by atoms with Crippen LogP contribution < -0.4 is 15.5 Å². The van der Waals surface area contributed by atoms with E-state index in [2.05, 4.69) is 10.3 Å². The third-order valence-electron chi connectivity index (χ3n) is 3.43. The molecule has 2 atom stereocenters. The molecule has 1 heterocycles. The maximum absolute atomic E-state index is 12.2. The molecule has 0 aliphatic carbocycles. The molecule has 5 heteroatoms. The Kier molecular flexibility index (Phi) is 4.99. The van der Waals surface area contributed by atoms with Crippen LogP contribution in [0.15, 0.2) is 47.4 Å². The Hall–Kier alpha value is -2.56. The van der Waals surface area contributed by atoms with Crippen molar-refractivity contribution in [3.8, 4) is 5.75 Å². The van der Waals surface area contributed by atoms with Crippen LogP contribution in [0.3, 0.4) is 0 Å². The Labute approximate surface area is 129 Å². The zero-order valence-corrected chi connectivity index (χ0v) is 12.9. The van der Waals surface area contributed by atoms with Crippen molar-refractivity contribution in [2.45, 2.75) is 32.9 Å². The molecule has 0 radical (unpaired) electrons. The zero-order chi connectivity index (χ0) is 16.1. The summed E-state index contributed by atoms with van der Waals surface area (Å²) in [4.78, 5) is 26.8. The molecule has 116 valence electrons. The third kappa shape index (κ3) is 3.97. The molecule has 0 fully saturated rings. The fourth-order valence-electron chi connectivity index (χ4n) is 1.97. The van der Waals surface area contributed by atoms with Crippen LogP contribution in [-0.4, -0.2) is 23.0 Å². The summed E-state index contributed by atoms with van der Waals surface area (Å²) in [6.07, 6.45) is 1.21. The van der Waals surface area contributed by atoms with E-state index in [1.54, 1.807) is 6.92 Å². The molecule has 5 nitrogen and oxygen atoms in total. The number of hydrogen-bond acceptors (Lipinski definition) is 3. The van der Waals surface area contributed by atoms with Gasteiger partial charge in [0, 0.05) is 18.0 Å². The number of amides is 1. The number of aromatic nitrogens is 1. The van der Waals surface area contributed by atoms with Gasteiger partial charge in [0.2, 0.25) is 0 Å². The predicted molar refractivity (Wildman–Crippen MR) is 85.3 cm³/mol. The standard InChI is InChI=1S/C17H20N2O3/c1-11-9-16(20)15(10-18-11)17(21)19-12(2)13(3)22-14-7-5-4-6-8-14/h4-10,12-13H,1-3H3,(H,18,20)(H,19,21)/t12-,13+/m0/s1. The molecule has 0 saturated carbocycles. The van der Waals surface area contributed by atoms with Gasteiger partial charge in [-0.3, -0.25) is 9.59 Å². The number of aromatic amines is 1. The van der Waals surface area contributed by atoms with Crippen LogP contribution >= 0.6 is 0 Å². The largest absolute Gasteiger partial charge is 0.489 e. The summed E-state index contributed by atoms with van der Waals surface area (Å²) in [5.74, 6) is 0.335. The van der Waals surface area contributed by atoms with Crippen LogP contribution in [0, 0.1) is 6.92 Å². The minimum atomic E-state index is -0.405. The van der Waals surface area contributed by atoms with Crippen LogP contribution in [0.2, 0.25) is 0 Å².